The molecule has 3 heterocycles. The molecule has 1 atom stereocenters. The molecule has 3 rings (SSSR count). The second-order valence-corrected chi connectivity index (χ2v) is 6.95. The van der Waals surface area contributed by atoms with Gasteiger partial charge in [0.2, 0.25) is 5.13 Å². The van der Waals surface area contributed by atoms with Crippen LogP contribution in [-0.4, -0.2) is 32.2 Å². The summed E-state index contributed by atoms with van der Waals surface area (Å²) in [5, 5.41) is 5.37. The fraction of sp³-hybridized carbons (Fsp3) is 0.643. The lowest BCUT2D eigenvalue weighted by molar-refractivity contribution is 0.365. The number of anilines is 1. The van der Waals surface area contributed by atoms with Crippen molar-refractivity contribution in [2.45, 2.75) is 33.1 Å². The molecule has 1 aliphatic heterocycles. The Morgan fingerprint density at radius 2 is 2.25 bits per heavy atom. The molecule has 6 heteroatoms. The Morgan fingerprint density at radius 1 is 1.45 bits per heavy atom. The quantitative estimate of drug-likeness (QED) is 0.871. The summed E-state index contributed by atoms with van der Waals surface area (Å²) in [6, 6.07) is 0. The molecule has 0 aromatic carbocycles. The Kier molecular flexibility index (Phi) is 3.28. The summed E-state index contributed by atoms with van der Waals surface area (Å²) in [5.74, 6) is 1.44. The van der Waals surface area contributed by atoms with Crippen molar-refractivity contribution >= 4 is 16.7 Å². The lowest BCUT2D eigenvalue weighted by atomic mass is 9.79. The maximum atomic E-state index is 4.62. The lowest BCUT2D eigenvalue weighted by Crippen LogP contribution is -2.23. The molecular formula is C14H21N5S. The predicted octanol–water partition coefficient (Wildman–Crippen LogP) is 2.46. The smallest absolute Gasteiger partial charge is 0.205 e. The van der Waals surface area contributed by atoms with Crippen molar-refractivity contribution in [3.63, 3.8) is 0 Å². The van der Waals surface area contributed by atoms with Gasteiger partial charge >= 0.3 is 0 Å². The van der Waals surface area contributed by atoms with Gasteiger partial charge in [0.15, 0.2) is 0 Å². The first-order valence-electron chi connectivity index (χ1n) is 7.05. The van der Waals surface area contributed by atoms with Crippen LogP contribution in [0.25, 0.3) is 0 Å². The zero-order valence-corrected chi connectivity index (χ0v) is 13.3. The van der Waals surface area contributed by atoms with E-state index in [9.17, 15) is 0 Å². The van der Waals surface area contributed by atoms with Crippen molar-refractivity contribution in [2.75, 3.05) is 18.0 Å². The first-order chi connectivity index (χ1) is 9.49. The Balaban J connectivity index is 1.84. The summed E-state index contributed by atoms with van der Waals surface area (Å²) in [4.78, 5) is 6.99. The van der Waals surface area contributed by atoms with E-state index in [2.05, 4.69) is 46.3 Å². The van der Waals surface area contributed by atoms with Crippen LogP contribution in [0.5, 0.6) is 0 Å². The highest BCUT2D eigenvalue weighted by molar-refractivity contribution is 7.09. The van der Waals surface area contributed by atoms with Gasteiger partial charge in [-0.15, -0.1) is 0 Å². The second kappa shape index (κ2) is 4.84. The van der Waals surface area contributed by atoms with E-state index in [1.165, 1.54) is 17.1 Å². The number of aromatic nitrogens is 4. The Hall–Kier alpha value is -1.43. The molecular weight excluding hydrogens is 270 g/mol. The van der Waals surface area contributed by atoms with E-state index in [1.807, 2.05) is 17.9 Å². The predicted molar refractivity (Wildman–Crippen MR) is 81.2 cm³/mol. The van der Waals surface area contributed by atoms with Crippen molar-refractivity contribution in [1.82, 2.24) is 19.1 Å². The molecule has 2 aromatic heterocycles. The van der Waals surface area contributed by atoms with Crippen LogP contribution >= 0.6 is 11.5 Å². The molecule has 0 radical (unpaired) electrons. The molecule has 108 valence electrons. The van der Waals surface area contributed by atoms with Gasteiger partial charge < -0.3 is 4.90 Å². The Labute approximate surface area is 123 Å². The van der Waals surface area contributed by atoms with Gasteiger partial charge in [-0.3, -0.25) is 4.68 Å². The van der Waals surface area contributed by atoms with Crippen LogP contribution in [-0.2, 0) is 13.5 Å². The second-order valence-electron chi connectivity index (χ2n) is 6.22. The van der Waals surface area contributed by atoms with Crippen molar-refractivity contribution in [3.8, 4) is 0 Å². The van der Waals surface area contributed by atoms with Gasteiger partial charge in [-0.25, -0.2) is 4.98 Å². The van der Waals surface area contributed by atoms with Crippen LogP contribution in [0.1, 0.15) is 38.1 Å². The van der Waals surface area contributed by atoms with Crippen LogP contribution < -0.4 is 4.90 Å². The number of hydrogen-bond acceptors (Lipinski definition) is 5. The minimum Gasteiger partial charge on any atom is -0.346 e. The van der Waals surface area contributed by atoms with Gasteiger partial charge in [0.05, 0.1) is 6.20 Å². The van der Waals surface area contributed by atoms with Gasteiger partial charge in [0.25, 0.3) is 0 Å². The largest absolute Gasteiger partial charge is 0.346 e. The molecule has 2 aromatic rings. The zero-order chi connectivity index (χ0) is 14.3. The summed E-state index contributed by atoms with van der Waals surface area (Å²) in [6.45, 7) is 8.76. The van der Waals surface area contributed by atoms with E-state index in [1.54, 1.807) is 0 Å². The molecule has 20 heavy (non-hydrogen) atoms. The van der Waals surface area contributed by atoms with Crippen LogP contribution in [0.3, 0.4) is 0 Å². The highest BCUT2D eigenvalue weighted by Gasteiger charge is 2.41. The molecule has 1 unspecified atom stereocenters. The minimum absolute atomic E-state index is 0.223. The molecule has 0 spiro atoms. The Bertz CT molecular complexity index is 600. The van der Waals surface area contributed by atoms with Crippen molar-refractivity contribution < 1.29 is 0 Å². The number of aryl methyl sites for hydroxylation is 2. The number of hydrogen-bond donors (Lipinski definition) is 0. The van der Waals surface area contributed by atoms with E-state index >= 15 is 0 Å². The molecule has 1 fully saturated rings. The van der Waals surface area contributed by atoms with Crippen molar-refractivity contribution in [2.24, 2.45) is 12.5 Å². The maximum Gasteiger partial charge on any atom is 0.205 e. The van der Waals surface area contributed by atoms with Crippen molar-refractivity contribution in [1.29, 1.82) is 0 Å². The molecule has 0 N–H and O–H groups in total. The summed E-state index contributed by atoms with van der Waals surface area (Å²) >= 11 is 1.52. The lowest BCUT2D eigenvalue weighted by Gasteiger charge is -2.24. The first-order valence-corrected chi connectivity index (χ1v) is 7.83. The summed E-state index contributed by atoms with van der Waals surface area (Å²) in [6.07, 6.45) is 5.03. The fourth-order valence-electron chi connectivity index (χ4n) is 2.97. The highest BCUT2D eigenvalue weighted by atomic mass is 32.1. The van der Waals surface area contributed by atoms with Gasteiger partial charge in [-0.05, 0) is 11.0 Å². The fourth-order valence-corrected chi connectivity index (χ4v) is 3.73. The monoisotopic (exact) mass is 291 g/mol. The number of rotatable bonds is 3. The van der Waals surface area contributed by atoms with Gasteiger partial charge in [0.1, 0.15) is 5.82 Å². The van der Waals surface area contributed by atoms with E-state index < -0.39 is 0 Å². The van der Waals surface area contributed by atoms with Gasteiger partial charge in [-0.1, -0.05) is 20.8 Å². The molecule has 1 saturated heterocycles. The third-order valence-electron chi connectivity index (χ3n) is 4.12. The molecule has 0 bridgehead atoms. The minimum atomic E-state index is 0.223. The van der Waals surface area contributed by atoms with E-state index in [0.717, 1.165) is 30.5 Å². The normalized spacial score (nSPS) is 21.6. The van der Waals surface area contributed by atoms with Crippen molar-refractivity contribution in [3.05, 3.63) is 23.8 Å². The van der Waals surface area contributed by atoms with Crippen LogP contribution in [0, 0.1) is 5.41 Å². The SMILES string of the molecule is CCc1nsc(N2CC(c3cnn(C)c3)C(C)(C)C2)n1. The third-order valence-corrected chi connectivity index (χ3v) is 4.93. The van der Waals surface area contributed by atoms with Crippen LogP contribution in [0.15, 0.2) is 12.4 Å². The van der Waals surface area contributed by atoms with Crippen LogP contribution in [0.2, 0.25) is 0 Å². The molecule has 1 aliphatic rings. The third kappa shape index (κ3) is 2.32. The Morgan fingerprint density at radius 3 is 2.85 bits per heavy atom. The average molecular weight is 291 g/mol. The molecule has 0 aliphatic carbocycles. The maximum absolute atomic E-state index is 4.62. The van der Waals surface area contributed by atoms with Gasteiger partial charge in [0, 0.05) is 50.2 Å². The molecule has 0 saturated carbocycles. The zero-order valence-electron chi connectivity index (χ0n) is 12.5. The highest BCUT2D eigenvalue weighted by Crippen LogP contribution is 2.43. The first kappa shape index (κ1) is 13.5. The topological polar surface area (TPSA) is 46.8 Å². The summed E-state index contributed by atoms with van der Waals surface area (Å²) in [5.41, 5.74) is 1.54. The summed E-state index contributed by atoms with van der Waals surface area (Å²) < 4.78 is 6.28. The van der Waals surface area contributed by atoms with E-state index in [-0.39, 0.29) is 5.41 Å². The van der Waals surface area contributed by atoms with Crippen LogP contribution in [0.4, 0.5) is 5.13 Å². The van der Waals surface area contributed by atoms with E-state index in [4.69, 9.17) is 0 Å². The van der Waals surface area contributed by atoms with Gasteiger partial charge in [-0.2, -0.15) is 9.47 Å². The molecule has 5 nitrogen and oxygen atoms in total. The van der Waals surface area contributed by atoms with E-state index in [0.29, 0.717) is 5.92 Å². The molecule has 0 amide bonds. The standard InChI is InChI=1S/C14H21N5S/c1-5-12-16-13(20-17-12)19-8-11(14(2,3)9-19)10-6-15-18(4)7-10/h6-7,11H,5,8-9H2,1-4H3. The summed E-state index contributed by atoms with van der Waals surface area (Å²) in [7, 11) is 1.97. The average Bonchev–Trinajstić information content (AvgIpc) is 3.07. The number of nitrogens with zero attached hydrogens (tertiary/aromatic N) is 5.